The number of esters is 2. The van der Waals surface area contributed by atoms with Crippen LogP contribution in [0.4, 0.5) is 0 Å². The third kappa shape index (κ3) is 13.5. The summed E-state index contributed by atoms with van der Waals surface area (Å²) in [5, 5.41) is 9.40. The molecule has 0 fully saturated rings. The van der Waals surface area contributed by atoms with Crippen LogP contribution in [0.3, 0.4) is 0 Å². The normalized spacial score (nSPS) is 12.2. The molecule has 0 spiro atoms. The highest BCUT2D eigenvalue weighted by Gasteiger charge is 2.09. The molecule has 1 rings (SSSR count). The van der Waals surface area contributed by atoms with Crippen LogP contribution in [0, 0.1) is 0 Å². The van der Waals surface area contributed by atoms with Crippen molar-refractivity contribution in [1.82, 2.24) is 0 Å². The van der Waals surface area contributed by atoms with Gasteiger partial charge in [0.1, 0.15) is 11.5 Å². The Morgan fingerprint density at radius 3 is 1.92 bits per heavy atom. The van der Waals surface area contributed by atoms with Gasteiger partial charge in [-0.15, -0.1) is 0 Å². The second-order valence-electron chi connectivity index (χ2n) is 9.19. The average Bonchev–Trinajstić information content (AvgIpc) is 2.77. The Morgan fingerprint density at radius 2 is 1.33 bits per heavy atom. The number of benzene rings is 1. The predicted octanol–water partition coefficient (Wildman–Crippen LogP) is 7.29. The molecule has 196 valence electrons. The summed E-state index contributed by atoms with van der Waals surface area (Å²) in [6.07, 6.45) is 13.3. The van der Waals surface area contributed by atoms with Crippen molar-refractivity contribution in [3.05, 3.63) is 70.4 Å². The van der Waals surface area contributed by atoms with Gasteiger partial charge in [0.25, 0.3) is 0 Å². The van der Waals surface area contributed by atoms with E-state index in [1.807, 2.05) is 19.9 Å². The second-order valence-corrected chi connectivity index (χ2v) is 9.19. The van der Waals surface area contributed by atoms with E-state index in [2.05, 4.69) is 32.1 Å². The molecule has 0 saturated carbocycles. The molecule has 0 aliphatic rings. The van der Waals surface area contributed by atoms with E-state index in [1.165, 1.54) is 30.6 Å². The van der Waals surface area contributed by atoms with Gasteiger partial charge < -0.3 is 14.6 Å². The summed E-state index contributed by atoms with van der Waals surface area (Å²) in [5.74, 6) is -0.790. The summed E-state index contributed by atoms with van der Waals surface area (Å²) in [4.78, 5) is 34.1. The maximum atomic E-state index is 11.4. The summed E-state index contributed by atoms with van der Waals surface area (Å²) in [6.45, 7) is 10.8. The van der Waals surface area contributed by atoms with E-state index >= 15 is 0 Å². The Morgan fingerprint density at radius 1 is 0.750 bits per heavy atom. The largest absolute Gasteiger partial charge is 0.478 e. The van der Waals surface area contributed by atoms with Crippen molar-refractivity contribution in [1.29, 1.82) is 0 Å². The van der Waals surface area contributed by atoms with Crippen LogP contribution in [0.15, 0.2) is 64.8 Å². The van der Waals surface area contributed by atoms with E-state index in [-0.39, 0.29) is 0 Å². The molecular weight excluding hydrogens is 456 g/mol. The van der Waals surface area contributed by atoms with Gasteiger partial charge in [-0.1, -0.05) is 41.0 Å². The van der Waals surface area contributed by atoms with E-state index in [0.29, 0.717) is 36.3 Å². The smallest absolute Gasteiger partial charge is 0.331 e. The molecule has 0 aromatic heterocycles. The highest BCUT2D eigenvalue weighted by molar-refractivity contribution is 5.86. The number of aliphatic carboxylic acids is 1. The Hall–Kier alpha value is -3.41. The number of carbonyl (C=O) groups is 3. The summed E-state index contributed by atoms with van der Waals surface area (Å²) in [6, 6.07) is 4.95. The first kappa shape index (κ1) is 30.6. The van der Waals surface area contributed by atoms with Crippen LogP contribution in [0.2, 0.25) is 0 Å². The van der Waals surface area contributed by atoms with Crippen LogP contribution < -0.4 is 9.47 Å². The number of rotatable bonds is 14. The monoisotopic (exact) mass is 496 g/mol. The molecule has 1 aromatic carbocycles. The van der Waals surface area contributed by atoms with Gasteiger partial charge in [0.15, 0.2) is 0 Å². The van der Waals surface area contributed by atoms with Crippen molar-refractivity contribution < 1.29 is 29.0 Å². The van der Waals surface area contributed by atoms with Gasteiger partial charge in [-0.2, -0.15) is 0 Å². The first-order valence-corrected chi connectivity index (χ1v) is 12.3. The summed E-state index contributed by atoms with van der Waals surface area (Å²) in [5.41, 5.74) is 4.87. The van der Waals surface area contributed by atoms with Crippen molar-refractivity contribution in [2.45, 2.75) is 86.5 Å². The van der Waals surface area contributed by atoms with E-state index in [4.69, 9.17) is 9.47 Å². The van der Waals surface area contributed by atoms with Crippen molar-refractivity contribution in [2.75, 3.05) is 0 Å². The minimum atomic E-state index is -0.838. The van der Waals surface area contributed by atoms with Gasteiger partial charge in [0, 0.05) is 25.0 Å². The lowest BCUT2D eigenvalue weighted by Crippen LogP contribution is -2.06. The summed E-state index contributed by atoms with van der Waals surface area (Å²) >= 11 is 0. The minimum absolute atomic E-state index is 0.406. The Bertz CT molecular complexity index is 1040. The molecule has 0 heterocycles. The van der Waals surface area contributed by atoms with Crippen LogP contribution in [0.1, 0.15) is 85.6 Å². The van der Waals surface area contributed by atoms with Gasteiger partial charge in [-0.05, 0) is 90.8 Å². The van der Waals surface area contributed by atoms with Gasteiger partial charge in [-0.3, -0.25) is 9.59 Å². The molecule has 0 aliphatic carbocycles. The fraction of sp³-hybridized carbons (Fsp3) is 0.433. The highest BCUT2D eigenvalue weighted by atomic mass is 16.5. The molecule has 0 amide bonds. The highest BCUT2D eigenvalue weighted by Crippen LogP contribution is 2.26. The van der Waals surface area contributed by atoms with Crippen LogP contribution in [0.25, 0.3) is 0 Å². The maximum Gasteiger partial charge on any atom is 0.331 e. The molecule has 0 bridgehead atoms. The number of carbonyl (C=O) groups excluding carboxylic acids is 2. The van der Waals surface area contributed by atoms with Crippen molar-refractivity contribution >= 4 is 17.9 Å². The lowest BCUT2D eigenvalue weighted by molar-refractivity contribution is -0.133. The number of ether oxygens (including phenoxy) is 2. The molecule has 0 atom stereocenters. The van der Waals surface area contributed by atoms with Crippen molar-refractivity contribution in [2.24, 2.45) is 0 Å². The standard InChI is InChI=1S/C30H40O6/c1-21(2)10-7-14-26(30(33)34)15-9-13-22(3)11-8-12-23(4)16-17-27-20-28(35-24(5)31)18-19-29(27)36-25(6)32/h10-11,15-16,18-20H,7-9,12-14,17H2,1-6H3,(H,33,34)/b22-11+,23-16+,26-15-. The molecular formula is C30H40O6. The number of hydrogen-bond donors (Lipinski definition) is 1. The molecule has 6 heteroatoms. The molecule has 0 saturated heterocycles. The molecule has 6 nitrogen and oxygen atoms in total. The molecule has 0 radical (unpaired) electrons. The van der Waals surface area contributed by atoms with Gasteiger partial charge >= 0.3 is 17.9 Å². The van der Waals surface area contributed by atoms with Crippen LogP contribution in [-0.2, 0) is 20.8 Å². The molecule has 1 aromatic rings. The fourth-order valence-electron chi connectivity index (χ4n) is 3.52. The van der Waals surface area contributed by atoms with Crippen molar-refractivity contribution in [3.63, 3.8) is 0 Å². The zero-order valence-corrected chi connectivity index (χ0v) is 22.5. The van der Waals surface area contributed by atoms with Crippen molar-refractivity contribution in [3.8, 4) is 11.5 Å². The summed E-state index contributed by atoms with van der Waals surface area (Å²) in [7, 11) is 0. The first-order chi connectivity index (χ1) is 17.0. The van der Waals surface area contributed by atoms with Gasteiger partial charge in [0.05, 0.1) is 0 Å². The molecule has 1 N–H and O–H groups in total. The van der Waals surface area contributed by atoms with Crippen LogP contribution in [0.5, 0.6) is 11.5 Å². The van der Waals surface area contributed by atoms with E-state index in [9.17, 15) is 19.5 Å². The maximum absolute atomic E-state index is 11.4. The number of allylic oxidation sites excluding steroid dienone is 7. The third-order valence-corrected chi connectivity index (χ3v) is 5.42. The minimum Gasteiger partial charge on any atom is -0.478 e. The molecule has 0 unspecified atom stereocenters. The number of carboxylic acids is 1. The molecule has 36 heavy (non-hydrogen) atoms. The molecule has 0 aliphatic heterocycles. The van der Waals surface area contributed by atoms with Crippen LogP contribution >= 0.6 is 0 Å². The SMILES string of the molecule is CC(=O)Oc1ccc(OC(C)=O)c(C/C=C(\C)CC/C=C(\C)CC/C=C(/CCC=C(C)C)C(=O)O)c1. The number of carboxylic acid groups (broad SMARTS) is 1. The van der Waals surface area contributed by atoms with Crippen LogP contribution in [-0.4, -0.2) is 23.0 Å². The lowest BCUT2D eigenvalue weighted by Gasteiger charge is -2.10. The number of hydrogen-bond acceptors (Lipinski definition) is 5. The zero-order chi connectivity index (χ0) is 27.1. The second kappa shape index (κ2) is 16.3. The summed E-state index contributed by atoms with van der Waals surface area (Å²) < 4.78 is 10.4. The van der Waals surface area contributed by atoms with Gasteiger partial charge in [-0.25, -0.2) is 4.79 Å². The van der Waals surface area contributed by atoms with Gasteiger partial charge in [0.2, 0.25) is 0 Å². The topological polar surface area (TPSA) is 89.9 Å². The first-order valence-electron chi connectivity index (χ1n) is 12.3. The third-order valence-electron chi connectivity index (χ3n) is 5.42. The zero-order valence-electron chi connectivity index (χ0n) is 22.5. The Labute approximate surface area is 215 Å². The predicted molar refractivity (Wildman–Crippen MR) is 143 cm³/mol. The Kier molecular flexibility index (Phi) is 13.9. The average molecular weight is 497 g/mol. The van der Waals surface area contributed by atoms with E-state index in [0.717, 1.165) is 31.2 Å². The fourth-order valence-corrected chi connectivity index (χ4v) is 3.52. The quantitative estimate of drug-likeness (QED) is 0.126. The lowest BCUT2D eigenvalue weighted by atomic mass is 10.0. The van der Waals surface area contributed by atoms with E-state index < -0.39 is 17.9 Å². The Balaban J connectivity index is 2.66. The van der Waals surface area contributed by atoms with E-state index in [1.54, 1.807) is 18.2 Å².